The summed E-state index contributed by atoms with van der Waals surface area (Å²) in [6.45, 7) is 6.22. The van der Waals surface area contributed by atoms with Crippen LogP contribution in [0.1, 0.15) is 55.1 Å². The largest absolute Gasteiger partial charge is 0.377 e. The van der Waals surface area contributed by atoms with E-state index in [1.54, 1.807) is 13.8 Å². The lowest BCUT2D eigenvalue weighted by atomic mass is 10.0. The highest BCUT2D eigenvalue weighted by Crippen LogP contribution is 2.50. The molecule has 25 heavy (non-hydrogen) atoms. The maximum atomic E-state index is 13.3. The van der Waals surface area contributed by atoms with Gasteiger partial charge in [0.15, 0.2) is 5.78 Å². The van der Waals surface area contributed by atoms with E-state index >= 15 is 0 Å². The van der Waals surface area contributed by atoms with Crippen LogP contribution in [0.25, 0.3) is 11.3 Å². The second-order valence-electron chi connectivity index (χ2n) is 6.01. The summed E-state index contributed by atoms with van der Waals surface area (Å²) in [5.74, 6) is -0.0150. The van der Waals surface area contributed by atoms with Crippen LogP contribution in [-0.4, -0.2) is 24.0 Å². The van der Waals surface area contributed by atoms with Gasteiger partial charge in [-0.2, -0.15) is 0 Å². The summed E-state index contributed by atoms with van der Waals surface area (Å²) >= 11 is 0. The molecule has 1 aliphatic carbocycles. The predicted molar refractivity (Wildman–Crippen MR) is 98.8 cm³/mol. The van der Waals surface area contributed by atoms with Crippen LogP contribution >= 0.6 is 7.60 Å². The summed E-state index contributed by atoms with van der Waals surface area (Å²) in [4.78, 5) is 16.2. The van der Waals surface area contributed by atoms with Crippen molar-refractivity contribution in [1.82, 2.24) is 4.98 Å². The van der Waals surface area contributed by atoms with Crippen LogP contribution in [0.2, 0.25) is 0 Å². The van der Waals surface area contributed by atoms with Crippen LogP contribution in [0.3, 0.4) is 0 Å². The molecule has 0 amide bonds. The number of aromatic amines is 1. The number of ketones is 1. The number of carbonyl (C=O) groups is 1. The molecule has 1 N–H and O–H groups in total. The van der Waals surface area contributed by atoms with Crippen molar-refractivity contribution in [2.45, 2.75) is 40.0 Å². The molecule has 1 aliphatic rings. The van der Waals surface area contributed by atoms with Gasteiger partial charge in [0.05, 0.1) is 24.5 Å². The standard InChI is InChI=1S/C19H24NO4P/c1-4-7-10-15-16-17(13-11-8-9-12-14(13)18(16)21)20-19(15)25(22,23-5-2)24-6-3/h8-9,11-12,20H,4-7,10H2,1-3H3. The van der Waals surface area contributed by atoms with Gasteiger partial charge in [0.1, 0.15) is 5.44 Å². The van der Waals surface area contributed by atoms with Gasteiger partial charge >= 0.3 is 7.60 Å². The molecule has 0 atom stereocenters. The predicted octanol–water partition coefficient (Wildman–Crippen LogP) is 4.46. The molecule has 0 aliphatic heterocycles. The number of rotatable bonds is 8. The Morgan fingerprint density at radius 2 is 1.68 bits per heavy atom. The van der Waals surface area contributed by atoms with Gasteiger partial charge in [0.25, 0.3) is 0 Å². The fourth-order valence-electron chi connectivity index (χ4n) is 3.35. The normalized spacial score (nSPS) is 13.2. The Kier molecular flexibility index (Phi) is 5.28. The first-order chi connectivity index (χ1) is 12.1. The van der Waals surface area contributed by atoms with E-state index in [1.807, 2.05) is 24.3 Å². The number of carbonyl (C=O) groups excluding carboxylic acids is 1. The van der Waals surface area contributed by atoms with Crippen LogP contribution in [0.15, 0.2) is 24.3 Å². The molecule has 1 heterocycles. The minimum absolute atomic E-state index is 0.0150. The molecular weight excluding hydrogens is 337 g/mol. The molecule has 134 valence electrons. The molecule has 1 aromatic heterocycles. The van der Waals surface area contributed by atoms with Crippen LogP contribution in [-0.2, 0) is 20.0 Å². The van der Waals surface area contributed by atoms with Crippen LogP contribution in [0.5, 0.6) is 0 Å². The summed E-state index contributed by atoms with van der Waals surface area (Å²) in [7, 11) is -3.48. The Balaban J connectivity index is 2.20. The lowest BCUT2D eigenvalue weighted by Crippen LogP contribution is -2.18. The monoisotopic (exact) mass is 361 g/mol. The van der Waals surface area contributed by atoms with Gasteiger partial charge in [-0.15, -0.1) is 0 Å². The highest BCUT2D eigenvalue weighted by Gasteiger charge is 2.39. The topological polar surface area (TPSA) is 68.4 Å². The van der Waals surface area contributed by atoms with Gasteiger partial charge in [-0.1, -0.05) is 37.6 Å². The van der Waals surface area contributed by atoms with E-state index < -0.39 is 7.60 Å². The lowest BCUT2D eigenvalue weighted by Gasteiger charge is -2.18. The number of aromatic nitrogens is 1. The molecule has 1 aromatic carbocycles. The maximum absolute atomic E-state index is 13.3. The second kappa shape index (κ2) is 7.28. The molecule has 0 unspecified atom stereocenters. The van der Waals surface area contributed by atoms with Crippen molar-refractivity contribution >= 4 is 18.8 Å². The number of nitrogens with one attached hydrogen (secondary N) is 1. The minimum atomic E-state index is -3.48. The van der Waals surface area contributed by atoms with Crippen LogP contribution < -0.4 is 5.44 Å². The molecule has 0 radical (unpaired) electrons. The Labute approximate surface area is 148 Å². The molecule has 3 rings (SSSR count). The van der Waals surface area contributed by atoms with Gasteiger partial charge in [-0.3, -0.25) is 9.36 Å². The molecule has 5 nitrogen and oxygen atoms in total. The van der Waals surface area contributed by atoms with E-state index in [9.17, 15) is 9.36 Å². The number of unbranched alkanes of at least 4 members (excludes halogenated alkanes) is 1. The van der Waals surface area contributed by atoms with Crippen molar-refractivity contribution in [3.05, 3.63) is 41.0 Å². The lowest BCUT2D eigenvalue weighted by molar-refractivity contribution is 0.104. The quantitative estimate of drug-likeness (QED) is 0.602. The fourth-order valence-corrected chi connectivity index (χ4v) is 5.16. The molecule has 0 fully saturated rings. The zero-order chi connectivity index (χ0) is 18.0. The summed E-state index contributed by atoms with van der Waals surface area (Å²) < 4.78 is 24.4. The molecule has 0 saturated heterocycles. The van der Waals surface area contributed by atoms with Crippen molar-refractivity contribution < 1.29 is 18.4 Å². The Hall–Kier alpha value is -1.68. The van der Waals surface area contributed by atoms with Crippen molar-refractivity contribution in [3.63, 3.8) is 0 Å². The van der Waals surface area contributed by atoms with Gasteiger partial charge in [-0.25, -0.2) is 0 Å². The van der Waals surface area contributed by atoms with Crippen molar-refractivity contribution in [2.75, 3.05) is 13.2 Å². The van der Waals surface area contributed by atoms with Crippen molar-refractivity contribution in [2.24, 2.45) is 0 Å². The third-order valence-corrected chi connectivity index (χ3v) is 6.53. The van der Waals surface area contributed by atoms with E-state index in [2.05, 4.69) is 11.9 Å². The average molecular weight is 361 g/mol. The first-order valence-corrected chi connectivity index (χ1v) is 10.4. The molecule has 6 heteroatoms. The van der Waals surface area contributed by atoms with E-state index in [-0.39, 0.29) is 19.0 Å². The number of hydrogen-bond acceptors (Lipinski definition) is 4. The minimum Gasteiger partial charge on any atom is -0.347 e. The first kappa shape index (κ1) is 18.1. The SMILES string of the molecule is CCCCc1c(P(=O)(OCC)OCC)[nH]c2c1C(=O)c1ccccc1-2. The molecule has 0 spiro atoms. The number of fused-ring (bicyclic) bond motifs is 3. The third kappa shape index (κ3) is 3.01. The third-order valence-electron chi connectivity index (χ3n) is 4.40. The molecular formula is C19H24NO4P. The van der Waals surface area contributed by atoms with Gasteiger partial charge < -0.3 is 14.0 Å². The molecule has 0 saturated carbocycles. The van der Waals surface area contributed by atoms with Gasteiger partial charge in [0, 0.05) is 11.1 Å². The second-order valence-corrected chi connectivity index (χ2v) is 7.97. The van der Waals surface area contributed by atoms with Crippen molar-refractivity contribution in [3.8, 4) is 11.3 Å². The maximum Gasteiger partial charge on any atom is 0.377 e. The van der Waals surface area contributed by atoms with E-state index in [4.69, 9.17) is 9.05 Å². The Bertz CT molecular complexity index is 830. The number of H-pyrrole nitrogens is 1. The molecule has 2 aromatic rings. The average Bonchev–Trinajstić information content (AvgIpc) is 3.11. The highest BCUT2D eigenvalue weighted by atomic mass is 31.2. The highest BCUT2D eigenvalue weighted by molar-refractivity contribution is 7.62. The van der Waals surface area contributed by atoms with Gasteiger partial charge in [-0.05, 0) is 32.3 Å². The van der Waals surface area contributed by atoms with E-state index in [0.717, 1.165) is 29.7 Å². The Morgan fingerprint density at radius 3 is 2.28 bits per heavy atom. The van der Waals surface area contributed by atoms with Crippen LogP contribution in [0, 0.1) is 0 Å². The van der Waals surface area contributed by atoms with E-state index in [1.165, 1.54) is 0 Å². The van der Waals surface area contributed by atoms with Gasteiger partial charge in [0.2, 0.25) is 0 Å². The first-order valence-electron chi connectivity index (χ1n) is 8.86. The van der Waals surface area contributed by atoms with Crippen molar-refractivity contribution in [1.29, 1.82) is 0 Å². The molecule has 0 bridgehead atoms. The number of hydrogen-bond donors (Lipinski definition) is 1. The summed E-state index contributed by atoms with van der Waals surface area (Å²) in [6.07, 6.45) is 2.55. The summed E-state index contributed by atoms with van der Waals surface area (Å²) in [5, 5.41) is 0. The van der Waals surface area contributed by atoms with Crippen LogP contribution in [0.4, 0.5) is 0 Å². The fraction of sp³-hybridized carbons (Fsp3) is 0.421. The Morgan fingerprint density at radius 1 is 1.04 bits per heavy atom. The summed E-state index contributed by atoms with van der Waals surface area (Å²) in [5.41, 5.74) is 4.13. The summed E-state index contributed by atoms with van der Waals surface area (Å²) in [6, 6.07) is 7.51. The van der Waals surface area contributed by atoms with E-state index in [0.29, 0.717) is 23.0 Å². The smallest absolute Gasteiger partial charge is 0.347 e. The zero-order valence-corrected chi connectivity index (χ0v) is 15.8. The number of benzene rings is 1. The zero-order valence-electron chi connectivity index (χ0n) is 14.9.